The first-order valence-electron chi connectivity index (χ1n) is 15.9. The standard InChI is InChI=1S/C44H28OS/c1-2-11-28-24-29(21-20-27(28)10-1)42-32-12-3-5-14-34(32)43(35-15-6-4-13-33(35)42)30-22-23-40-31(25-30)26-41(46-40)37-17-9-19-39-44(37)36-16-7-8-18-38(36)45-39/h1-26,36,38H. The van der Waals surface area contributed by atoms with Crippen molar-refractivity contribution in [2.45, 2.75) is 12.0 Å². The van der Waals surface area contributed by atoms with Gasteiger partial charge in [0.2, 0.25) is 0 Å². The Morgan fingerprint density at radius 3 is 1.87 bits per heavy atom. The van der Waals surface area contributed by atoms with Crippen molar-refractivity contribution in [2.75, 3.05) is 0 Å². The summed E-state index contributed by atoms with van der Waals surface area (Å²) in [6, 6.07) is 49.2. The van der Waals surface area contributed by atoms with E-state index in [0.717, 1.165) is 5.75 Å². The molecule has 2 atom stereocenters. The molecule has 0 bridgehead atoms. The molecule has 0 amide bonds. The van der Waals surface area contributed by atoms with Crippen LogP contribution in [-0.2, 0) is 0 Å². The van der Waals surface area contributed by atoms with Gasteiger partial charge in [0.25, 0.3) is 0 Å². The van der Waals surface area contributed by atoms with Gasteiger partial charge >= 0.3 is 0 Å². The predicted molar refractivity (Wildman–Crippen MR) is 196 cm³/mol. The predicted octanol–water partition coefficient (Wildman–Crippen LogP) is 12.3. The van der Waals surface area contributed by atoms with Crippen molar-refractivity contribution in [1.29, 1.82) is 0 Å². The van der Waals surface area contributed by atoms with E-state index < -0.39 is 0 Å². The number of benzene rings is 7. The van der Waals surface area contributed by atoms with Gasteiger partial charge in [-0.15, -0.1) is 11.3 Å². The maximum Gasteiger partial charge on any atom is 0.128 e. The van der Waals surface area contributed by atoms with Gasteiger partial charge in [-0.1, -0.05) is 121 Å². The molecule has 0 radical (unpaired) electrons. The zero-order valence-corrected chi connectivity index (χ0v) is 25.8. The lowest BCUT2D eigenvalue weighted by molar-refractivity contribution is 0.269. The quantitative estimate of drug-likeness (QED) is 0.182. The van der Waals surface area contributed by atoms with Crippen molar-refractivity contribution in [2.24, 2.45) is 0 Å². The van der Waals surface area contributed by atoms with E-state index >= 15 is 0 Å². The Labute approximate surface area is 271 Å². The highest BCUT2D eigenvalue weighted by Gasteiger charge is 2.34. The Kier molecular flexibility index (Phi) is 5.64. The van der Waals surface area contributed by atoms with Crippen LogP contribution in [0.15, 0.2) is 158 Å². The molecule has 0 saturated heterocycles. The van der Waals surface area contributed by atoms with Gasteiger partial charge in [-0.05, 0) is 102 Å². The molecule has 10 rings (SSSR count). The van der Waals surface area contributed by atoms with Crippen molar-refractivity contribution < 1.29 is 4.74 Å². The molecule has 0 N–H and O–H groups in total. The molecule has 2 aliphatic rings. The van der Waals surface area contributed by atoms with Crippen molar-refractivity contribution in [3.63, 3.8) is 0 Å². The summed E-state index contributed by atoms with van der Waals surface area (Å²) < 4.78 is 7.63. The summed E-state index contributed by atoms with van der Waals surface area (Å²) in [6.07, 6.45) is 8.78. The number of hydrogen-bond acceptors (Lipinski definition) is 2. The number of fused-ring (bicyclic) bond motifs is 7. The minimum absolute atomic E-state index is 0.0845. The Balaban J connectivity index is 1.17. The molecule has 1 aliphatic carbocycles. The van der Waals surface area contributed by atoms with Gasteiger partial charge in [0.1, 0.15) is 11.9 Å². The minimum Gasteiger partial charge on any atom is -0.485 e. The van der Waals surface area contributed by atoms with Crippen molar-refractivity contribution in [3.8, 4) is 38.4 Å². The van der Waals surface area contributed by atoms with Gasteiger partial charge in [0.15, 0.2) is 0 Å². The summed E-state index contributed by atoms with van der Waals surface area (Å²) in [6.45, 7) is 0. The van der Waals surface area contributed by atoms with E-state index in [1.807, 2.05) is 11.3 Å². The molecule has 216 valence electrons. The molecule has 0 saturated carbocycles. The third-order valence-corrected chi connectivity index (χ3v) is 10.9. The zero-order chi connectivity index (χ0) is 30.2. The normalized spacial score (nSPS) is 16.7. The molecular weight excluding hydrogens is 577 g/mol. The van der Waals surface area contributed by atoms with E-state index in [2.05, 4.69) is 158 Å². The highest BCUT2D eigenvalue weighted by molar-refractivity contribution is 7.22. The van der Waals surface area contributed by atoms with Gasteiger partial charge in [-0.3, -0.25) is 0 Å². The molecule has 1 aliphatic heterocycles. The van der Waals surface area contributed by atoms with Crippen molar-refractivity contribution >= 4 is 53.7 Å². The first kappa shape index (κ1) is 25.8. The molecule has 1 aromatic heterocycles. The number of thiophene rings is 1. The highest BCUT2D eigenvalue weighted by Crippen LogP contribution is 2.49. The Bertz CT molecular complexity index is 2530. The molecule has 2 heterocycles. The molecule has 8 aromatic rings. The Morgan fingerprint density at radius 1 is 0.500 bits per heavy atom. The number of allylic oxidation sites excluding steroid dienone is 2. The lowest BCUT2D eigenvalue weighted by atomic mass is 9.85. The summed E-state index contributed by atoms with van der Waals surface area (Å²) in [7, 11) is 0. The number of ether oxygens (including phenoxy) is 1. The van der Waals surface area contributed by atoms with Crippen LogP contribution in [0.5, 0.6) is 5.75 Å². The van der Waals surface area contributed by atoms with Gasteiger partial charge in [0.05, 0.1) is 0 Å². The molecule has 46 heavy (non-hydrogen) atoms. The van der Waals surface area contributed by atoms with E-state index in [4.69, 9.17) is 4.74 Å². The van der Waals surface area contributed by atoms with Crippen LogP contribution in [0.2, 0.25) is 0 Å². The maximum absolute atomic E-state index is 6.34. The molecule has 0 fully saturated rings. The van der Waals surface area contributed by atoms with Crippen LogP contribution in [0.3, 0.4) is 0 Å². The minimum atomic E-state index is 0.0845. The smallest absolute Gasteiger partial charge is 0.128 e. The van der Waals surface area contributed by atoms with Crippen LogP contribution >= 0.6 is 11.3 Å². The van der Waals surface area contributed by atoms with Gasteiger partial charge in [-0.25, -0.2) is 0 Å². The largest absolute Gasteiger partial charge is 0.485 e. The van der Waals surface area contributed by atoms with Crippen molar-refractivity contribution in [3.05, 3.63) is 163 Å². The Morgan fingerprint density at radius 2 is 1.13 bits per heavy atom. The van der Waals surface area contributed by atoms with E-state index in [1.54, 1.807) is 0 Å². The maximum atomic E-state index is 6.34. The second kappa shape index (κ2) is 10.0. The fraction of sp³-hybridized carbons (Fsp3) is 0.0455. The second-order valence-corrected chi connectivity index (χ2v) is 13.4. The van der Waals surface area contributed by atoms with Gasteiger partial charge in [0, 0.05) is 21.1 Å². The highest BCUT2D eigenvalue weighted by atomic mass is 32.1. The third-order valence-electron chi connectivity index (χ3n) is 9.79. The average Bonchev–Trinajstić information content (AvgIpc) is 3.72. The zero-order valence-electron chi connectivity index (χ0n) is 25.0. The van der Waals surface area contributed by atoms with Crippen molar-refractivity contribution in [1.82, 2.24) is 0 Å². The molecule has 7 aromatic carbocycles. The summed E-state index contributed by atoms with van der Waals surface area (Å²) in [5, 5.41) is 8.91. The summed E-state index contributed by atoms with van der Waals surface area (Å²) in [5.41, 5.74) is 7.67. The summed E-state index contributed by atoms with van der Waals surface area (Å²) in [5.74, 6) is 1.27. The Hall–Kier alpha value is -5.44. The first-order valence-corrected chi connectivity index (χ1v) is 16.7. The monoisotopic (exact) mass is 604 g/mol. The van der Waals surface area contributed by atoms with E-state index in [1.165, 1.54) is 80.7 Å². The van der Waals surface area contributed by atoms with E-state index in [0.29, 0.717) is 0 Å². The molecule has 1 nitrogen and oxygen atoms in total. The SMILES string of the molecule is C1=CC2Oc3cccc(-c4cc5cc(-c6c7ccccc7c(-c7ccc8ccccc8c7)c7ccccc67)ccc5s4)c3C2C=C1. The van der Waals surface area contributed by atoms with Crippen LogP contribution in [0.25, 0.3) is 75.1 Å². The topological polar surface area (TPSA) is 9.23 Å². The molecular formula is C44H28OS. The molecule has 2 heteroatoms. The molecule has 0 spiro atoms. The lowest BCUT2D eigenvalue weighted by Gasteiger charge is -2.18. The first-order chi connectivity index (χ1) is 22.8. The van der Waals surface area contributed by atoms with E-state index in [-0.39, 0.29) is 12.0 Å². The van der Waals surface area contributed by atoms with Gasteiger partial charge in [-0.2, -0.15) is 0 Å². The average molecular weight is 605 g/mol. The van der Waals surface area contributed by atoms with Crippen LogP contribution in [0, 0.1) is 0 Å². The fourth-order valence-corrected chi connectivity index (χ4v) is 8.82. The fourth-order valence-electron chi connectivity index (χ4n) is 7.74. The van der Waals surface area contributed by atoms with Gasteiger partial charge < -0.3 is 4.74 Å². The summed E-state index contributed by atoms with van der Waals surface area (Å²) >= 11 is 1.87. The number of rotatable bonds is 3. The van der Waals surface area contributed by atoms with Crippen LogP contribution in [0.1, 0.15) is 11.5 Å². The second-order valence-electron chi connectivity index (χ2n) is 12.4. The molecule has 2 unspecified atom stereocenters. The van der Waals surface area contributed by atoms with Crippen LogP contribution in [-0.4, -0.2) is 6.10 Å². The van der Waals surface area contributed by atoms with Crippen LogP contribution < -0.4 is 4.74 Å². The van der Waals surface area contributed by atoms with Crippen LogP contribution in [0.4, 0.5) is 0 Å². The van der Waals surface area contributed by atoms with E-state index in [9.17, 15) is 0 Å². The summed E-state index contributed by atoms with van der Waals surface area (Å²) in [4.78, 5) is 1.29. The lowest BCUT2D eigenvalue weighted by Crippen LogP contribution is -2.15. The number of hydrogen-bond donors (Lipinski definition) is 0. The third kappa shape index (κ3) is 3.87.